The lowest BCUT2D eigenvalue weighted by Gasteiger charge is -2.19. The summed E-state index contributed by atoms with van der Waals surface area (Å²) in [6.07, 6.45) is -0.124. The van der Waals surface area contributed by atoms with Crippen LogP contribution in [0.1, 0.15) is 20.3 Å². The van der Waals surface area contributed by atoms with Gasteiger partial charge in [-0.3, -0.25) is 14.4 Å². The van der Waals surface area contributed by atoms with Crippen LogP contribution >= 0.6 is 11.8 Å². The Labute approximate surface area is 126 Å². The number of benzene rings is 1. The minimum atomic E-state index is -1.12. The number of rotatable bonds is 4. The van der Waals surface area contributed by atoms with Crippen LogP contribution in [0.5, 0.6) is 0 Å². The standard InChI is InChI=1S/C14H16N2O4S/c1-14(2,13(19)20)6-11(17)15-8-3-4-10-9(5-8)16-12(18)7-21-10/h3-5H,6-7H2,1-2H3,(H,15,17)(H,16,18)(H,19,20). The maximum Gasteiger partial charge on any atom is 0.309 e. The maximum absolute atomic E-state index is 11.9. The Morgan fingerprint density at radius 1 is 1.43 bits per heavy atom. The first-order chi connectivity index (χ1) is 9.78. The van der Waals surface area contributed by atoms with Crippen LogP contribution in [0.25, 0.3) is 0 Å². The molecule has 1 aliphatic heterocycles. The molecule has 0 aromatic heterocycles. The summed E-state index contributed by atoms with van der Waals surface area (Å²) in [6, 6.07) is 5.22. The van der Waals surface area contributed by atoms with Crippen molar-refractivity contribution in [1.29, 1.82) is 0 Å². The molecule has 0 saturated heterocycles. The molecule has 1 aromatic carbocycles. The van der Waals surface area contributed by atoms with Gasteiger partial charge in [0.2, 0.25) is 11.8 Å². The van der Waals surface area contributed by atoms with Crippen LogP contribution in [0.4, 0.5) is 11.4 Å². The monoisotopic (exact) mass is 308 g/mol. The van der Waals surface area contributed by atoms with Gasteiger partial charge < -0.3 is 15.7 Å². The highest BCUT2D eigenvalue weighted by molar-refractivity contribution is 8.00. The van der Waals surface area contributed by atoms with Gasteiger partial charge >= 0.3 is 5.97 Å². The minimum absolute atomic E-state index is 0.0806. The van der Waals surface area contributed by atoms with Crippen LogP contribution in [0, 0.1) is 5.41 Å². The third-order valence-corrected chi connectivity index (χ3v) is 4.15. The van der Waals surface area contributed by atoms with E-state index in [1.807, 2.05) is 6.07 Å². The summed E-state index contributed by atoms with van der Waals surface area (Å²) >= 11 is 1.44. The smallest absolute Gasteiger partial charge is 0.309 e. The number of hydrogen-bond donors (Lipinski definition) is 3. The first kappa shape index (κ1) is 15.4. The molecular weight excluding hydrogens is 292 g/mol. The Hall–Kier alpha value is -2.02. The van der Waals surface area contributed by atoms with Crippen molar-refractivity contribution in [2.45, 2.75) is 25.2 Å². The summed E-state index contributed by atoms with van der Waals surface area (Å²) in [5.74, 6) is -1.10. The van der Waals surface area contributed by atoms with Gasteiger partial charge in [-0.1, -0.05) is 0 Å². The summed E-state index contributed by atoms with van der Waals surface area (Å²) in [5.41, 5.74) is 0.0665. The number of carboxylic acids is 1. The van der Waals surface area contributed by atoms with Crippen LogP contribution < -0.4 is 10.6 Å². The van der Waals surface area contributed by atoms with E-state index < -0.39 is 11.4 Å². The molecule has 2 rings (SSSR count). The summed E-state index contributed by atoms with van der Waals surface area (Å²) < 4.78 is 0. The van der Waals surface area contributed by atoms with Crippen LogP contribution in [-0.4, -0.2) is 28.6 Å². The lowest BCUT2D eigenvalue weighted by atomic mass is 9.89. The number of anilines is 2. The SMILES string of the molecule is CC(C)(CC(=O)Nc1ccc2c(c1)NC(=O)CS2)C(=O)O. The molecule has 2 amide bonds. The second-order valence-electron chi connectivity index (χ2n) is 5.46. The fourth-order valence-electron chi connectivity index (χ4n) is 1.84. The topological polar surface area (TPSA) is 95.5 Å². The van der Waals surface area contributed by atoms with Gasteiger partial charge in [-0.05, 0) is 32.0 Å². The van der Waals surface area contributed by atoms with Crippen molar-refractivity contribution in [1.82, 2.24) is 0 Å². The Bertz CT molecular complexity index is 613. The summed E-state index contributed by atoms with van der Waals surface area (Å²) in [4.78, 5) is 35.2. The molecule has 0 unspecified atom stereocenters. The molecule has 0 aliphatic carbocycles. The van der Waals surface area contributed by atoms with Crippen molar-refractivity contribution in [3.05, 3.63) is 18.2 Å². The Kier molecular flexibility index (Phi) is 4.22. The Morgan fingerprint density at radius 2 is 2.14 bits per heavy atom. The summed E-state index contributed by atoms with van der Waals surface area (Å²) in [6.45, 7) is 3.00. The number of nitrogens with one attached hydrogen (secondary N) is 2. The molecule has 21 heavy (non-hydrogen) atoms. The fraction of sp³-hybridized carbons (Fsp3) is 0.357. The van der Waals surface area contributed by atoms with Crippen molar-refractivity contribution in [2.75, 3.05) is 16.4 Å². The van der Waals surface area contributed by atoms with Gasteiger partial charge in [0.15, 0.2) is 0 Å². The van der Waals surface area contributed by atoms with Crippen LogP contribution in [0.15, 0.2) is 23.1 Å². The highest BCUT2D eigenvalue weighted by Crippen LogP contribution is 2.33. The van der Waals surface area contributed by atoms with E-state index in [1.165, 1.54) is 25.6 Å². The van der Waals surface area contributed by atoms with Crippen molar-refractivity contribution in [3.63, 3.8) is 0 Å². The average Bonchev–Trinajstić information content (AvgIpc) is 2.37. The highest BCUT2D eigenvalue weighted by atomic mass is 32.2. The van der Waals surface area contributed by atoms with Gasteiger partial charge in [0.05, 0.1) is 16.9 Å². The summed E-state index contributed by atoms with van der Waals surface area (Å²) in [5, 5.41) is 14.4. The van der Waals surface area contributed by atoms with Crippen molar-refractivity contribution < 1.29 is 19.5 Å². The number of hydrogen-bond acceptors (Lipinski definition) is 4. The van der Waals surface area contributed by atoms with E-state index >= 15 is 0 Å². The molecule has 112 valence electrons. The largest absolute Gasteiger partial charge is 0.481 e. The Morgan fingerprint density at radius 3 is 2.81 bits per heavy atom. The van der Waals surface area contributed by atoms with Crippen LogP contribution in [0.2, 0.25) is 0 Å². The number of carbonyl (C=O) groups is 3. The number of thioether (sulfide) groups is 1. The van der Waals surface area contributed by atoms with Crippen LogP contribution in [-0.2, 0) is 14.4 Å². The van der Waals surface area contributed by atoms with Gasteiger partial charge in [0.25, 0.3) is 0 Å². The van der Waals surface area contributed by atoms with E-state index in [0.717, 1.165) is 4.90 Å². The van der Waals surface area contributed by atoms with Crippen molar-refractivity contribution >= 4 is 40.9 Å². The molecule has 7 heteroatoms. The fourth-order valence-corrected chi connectivity index (χ4v) is 2.63. The van der Waals surface area contributed by atoms with E-state index in [1.54, 1.807) is 12.1 Å². The zero-order valence-electron chi connectivity index (χ0n) is 11.7. The second-order valence-corrected chi connectivity index (χ2v) is 6.48. The number of carbonyl (C=O) groups excluding carboxylic acids is 2. The van der Waals surface area contributed by atoms with Gasteiger partial charge in [-0.25, -0.2) is 0 Å². The van der Waals surface area contributed by atoms with E-state index in [0.29, 0.717) is 17.1 Å². The van der Waals surface area contributed by atoms with Crippen molar-refractivity contribution in [3.8, 4) is 0 Å². The molecule has 0 radical (unpaired) electrons. The van der Waals surface area contributed by atoms with Gasteiger partial charge in [0, 0.05) is 17.0 Å². The van der Waals surface area contributed by atoms with E-state index in [-0.39, 0.29) is 18.2 Å². The number of aliphatic carboxylic acids is 1. The predicted molar refractivity (Wildman–Crippen MR) is 80.5 cm³/mol. The molecule has 1 heterocycles. The third kappa shape index (κ3) is 3.75. The van der Waals surface area contributed by atoms with E-state index in [2.05, 4.69) is 10.6 Å². The van der Waals surface area contributed by atoms with E-state index in [9.17, 15) is 14.4 Å². The molecule has 6 nitrogen and oxygen atoms in total. The highest BCUT2D eigenvalue weighted by Gasteiger charge is 2.30. The molecule has 0 fully saturated rings. The minimum Gasteiger partial charge on any atom is -0.481 e. The number of carboxylic acid groups (broad SMARTS) is 1. The Balaban J connectivity index is 2.07. The van der Waals surface area contributed by atoms with Crippen LogP contribution in [0.3, 0.4) is 0 Å². The molecule has 0 bridgehead atoms. The molecule has 3 N–H and O–H groups in total. The molecule has 0 spiro atoms. The lowest BCUT2D eigenvalue weighted by molar-refractivity contribution is -0.149. The van der Waals surface area contributed by atoms with Crippen molar-refractivity contribution in [2.24, 2.45) is 5.41 Å². The van der Waals surface area contributed by atoms with Gasteiger partial charge in [0.1, 0.15) is 0 Å². The summed E-state index contributed by atoms with van der Waals surface area (Å²) in [7, 11) is 0. The zero-order valence-corrected chi connectivity index (χ0v) is 12.5. The quantitative estimate of drug-likeness (QED) is 0.792. The molecule has 0 atom stereocenters. The van der Waals surface area contributed by atoms with E-state index in [4.69, 9.17) is 5.11 Å². The number of fused-ring (bicyclic) bond motifs is 1. The third-order valence-electron chi connectivity index (χ3n) is 3.08. The molecule has 1 aromatic rings. The second kappa shape index (κ2) is 5.77. The molecule has 0 saturated carbocycles. The average molecular weight is 308 g/mol. The lowest BCUT2D eigenvalue weighted by Crippen LogP contribution is -2.29. The number of amides is 2. The van der Waals surface area contributed by atoms with Gasteiger partial charge in [-0.15, -0.1) is 11.8 Å². The zero-order chi connectivity index (χ0) is 15.6. The molecular formula is C14H16N2O4S. The first-order valence-electron chi connectivity index (χ1n) is 6.38. The molecule has 1 aliphatic rings. The first-order valence-corrected chi connectivity index (χ1v) is 7.36. The van der Waals surface area contributed by atoms with Gasteiger partial charge in [-0.2, -0.15) is 0 Å². The predicted octanol–water partition coefficient (Wildman–Crippen LogP) is 2.17. The normalized spacial score (nSPS) is 14.1. The maximum atomic E-state index is 11.9.